The van der Waals surface area contributed by atoms with E-state index in [1.807, 2.05) is 37.4 Å². The molecule has 1 unspecified atom stereocenters. The molecule has 1 N–H and O–H groups in total. The second-order valence-electron chi connectivity index (χ2n) is 7.53. The highest BCUT2D eigenvalue weighted by Gasteiger charge is 2.30. The van der Waals surface area contributed by atoms with Crippen LogP contribution in [0.4, 0.5) is 0 Å². The van der Waals surface area contributed by atoms with E-state index in [1.54, 1.807) is 0 Å². The number of quaternary nitrogens is 1. The smallest absolute Gasteiger partial charge is 0.397 e. The molecule has 0 amide bonds. The minimum absolute atomic E-state index is 0.0883. The fourth-order valence-corrected chi connectivity index (χ4v) is 3.08. The van der Waals surface area contributed by atoms with E-state index in [-0.39, 0.29) is 12.6 Å². The number of carbonyl (C=O) groups is 1. The van der Waals surface area contributed by atoms with Gasteiger partial charge in [0.2, 0.25) is 6.20 Å². The SMILES string of the molecule is CCCCCCCCOS(=O)(=O)O.CCCCCOC(=O)C[N+]1(C)C=C[N+](C)=C1. The molecule has 170 valence electrons. The van der Waals surface area contributed by atoms with Crippen LogP contribution < -0.4 is 0 Å². The predicted molar refractivity (Wildman–Crippen MR) is 114 cm³/mol. The number of ether oxygens (including phenoxy) is 1. The lowest BCUT2D eigenvalue weighted by Gasteiger charge is -2.16. The molecule has 0 aliphatic carbocycles. The van der Waals surface area contributed by atoms with Crippen LogP contribution in [0.2, 0.25) is 0 Å². The van der Waals surface area contributed by atoms with Gasteiger partial charge in [-0.05, 0) is 12.8 Å². The van der Waals surface area contributed by atoms with Crippen LogP contribution in [0.15, 0.2) is 12.4 Å². The van der Waals surface area contributed by atoms with Crippen LogP contribution in [-0.4, -0.2) is 68.2 Å². The van der Waals surface area contributed by atoms with Gasteiger partial charge in [0.15, 0.2) is 12.7 Å². The lowest BCUT2D eigenvalue weighted by atomic mass is 10.1. The largest absolute Gasteiger partial charge is 0.462 e. The first kappa shape index (κ1) is 27.7. The molecule has 0 aromatic rings. The fourth-order valence-electron chi connectivity index (χ4n) is 2.75. The zero-order valence-corrected chi connectivity index (χ0v) is 19.3. The zero-order chi connectivity index (χ0) is 22.2. The first-order chi connectivity index (χ1) is 13.6. The second kappa shape index (κ2) is 15.5. The number of unbranched alkanes of at least 4 members (excludes halogenated alkanes) is 7. The van der Waals surface area contributed by atoms with E-state index < -0.39 is 10.4 Å². The molecular formula is C20H40N2O6S+2. The number of hydrogen-bond donors (Lipinski definition) is 1. The van der Waals surface area contributed by atoms with Gasteiger partial charge in [0.25, 0.3) is 0 Å². The van der Waals surface area contributed by atoms with Crippen molar-refractivity contribution < 1.29 is 35.7 Å². The van der Waals surface area contributed by atoms with E-state index in [1.165, 1.54) is 19.3 Å². The van der Waals surface area contributed by atoms with Gasteiger partial charge in [-0.15, -0.1) is 0 Å². The average molecular weight is 437 g/mol. The van der Waals surface area contributed by atoms with E-state index in [0.717, 1.165) is 32.1 Å². The normalized spacial score (nSPS) is 18.2. The van der Waals surface area contributed by atoms with Gasteiger partial charge in [-0.3, -0.25) is 4.55 Å². The number of likely N-dealkylation sites (N-methyl/N-ethyl adjacent to an activating group) is 1. The molecule has 0 aromatic heterocycles. The van der Waals surface area contributed by atoms with Crippen molar-refractivity contribution in [3.05, 3.63) is 12.4 Å². The van der Waals surface area contributed by atoms with E-state index in [0.29, 0.717) is 24.1 Å². The molecule has 29 heavy (non-hydrogen) atoms. The third-order valence-corrected chi connectivity index (χ3v) is 4.76. The molecule has 0 aromatic carbocycles. The average Bonchev–Trinajstić information content (AvgIpc) is 2.96. The maximum Gasteiger partial charge on any atom is 0.397 e. The Kier molecular flexibility index (Phi) is 14.8. The van der Waals surface area contributed by atoms with Gasteiger partial charge in [-0.25, -0.2) is 13.5 Å². The summed E-state index contributed by atoms with van der Waals surface area (Å²) in [6.45, 7) is 5.28. The van der Waals surface area contributed by atoms with Crippen molar-refractivity contribution in [1.82, 2.24) is 0 Å². The molecule has 0 spiro atoms. The topological polar surface area (TPSA) is 92.9 Å². The summed E-state index contributed by atoms with van der Waals surface area (Å²) in [5, 5.41) is 0. The Balaban J connectivity index is 0.000000555. The lowest BCUT2D eigenvalue weighted by Crippen LogP contribution is -2.41. The standard InChI is InChI=1S/C12H22N2O2.C8H18O4S/c1-4-5-6-9-16-12(15)10-14(3)8-7-13(2)11-14;1-2-3-4-5-6-7-8-12-13(9,10)11/h7-8,11H,4-6,9-10H2,1-3H3;2-8H2,1H3,(H,9,10,11)/q+2;. The van der Waals surface area contributed by atoms with Gasteiger partial charge in [-0.2, -0.15) is 13.0 Å². The number of hydrogen-bond acceptors (Lipinski definition) is 5. The maximum atomic E-state index is 11.6. The summed E-state index contributed by atoms with van der Waals surface area (Å²) in [5.74, 6) is -0.130. The first-order valence-corrected chi connectivity index (χ1v) is 11.9. The first-order valence-electron chi connectivity index (χ1n) is 10.5. The van der Waals surface area contributed by atoms with Crippen molar-refractivity contribution >= 4 is 22.7 Å². The van der Waals surface area contributed by atoms with Crippen LogP contribution >= 0.6 is 0 Å². The number of nitrogens with zero attached hydrogens (tertiary/aromatic N) is 2. The molecule has 0 radical (unpaired) electrons. The Morgan fingerprint density at radius 3 is 2.10 bits per heavy atom. The minimum atomic E-state index is -4.22. The predicted octanol–water partition coefficient (Wildman–Crippen LogP) is 3.49. The highest BCUT2D eigenvalue weighted by atomic mass is 32.3. The molecule has 0 bridgehead atoms. The summed E-state index contributed by atoms with van der Waals surface area (Å²) >= 11 is 0. The molecule has 1 heterocycles. The van der Waals surface area contributed by atoms with E-state index in [2.05, 4.69) is 18.0 Å². The summed E-state index contributed by atoms with van der Waals surface area (Å²) < 4.78 is 40.2. The quantitative estimate of drug-likeness (QED) is 0.147. The monoisotopic (exact) mass is 436 g/mol. The van der Waals surface area contributed by atoms with E-state index in [4.69, 9.17) is 9.29 Å². The van der Waals surface area contributed by atoms with Crippen molar-refractivity contribution in [2.24, 2.45) is 0 Å². The molecule has 9 heteroatoms. The summed E-state index contributed by atoms with van der Waals surface area (Å²) in [7, 11) is -0.291. The molecule has 0 saturated heterocycles. The van der Waals surface area contributed by atoms with Gasteiger partial charge in [-0.1, -0.05) is 58.8 Å². The molecule has 8 nitrogen and oxygen atoms in total. The molecular weight excluding hydrogens is 396 g/mol. The van der Waals surface area contributed by atoms with E-state index in [9.17, 15) is 13.2 Å². The van der Waals surface area contributed by atoms with Crippen molar-refractivity contribution in [2.45, 2.75) is 71.6 Å². The van der Waals surface area contributed by atoms with Gasteiger partial charge in [0, 0.05) is 0 Å². The van der Waals surface area contributed by atoms with Crippen molar-refractivity contribution in [3.8, 4) is 0 Å². The number of rotatable bonds is 14. The molecule has 0 saturated carbocycles. The molecule has 0 fully saturated rings. The Morgan fingerprint density at radius 1 is 1.00 bits per heavy atom. The van der Waals surface area contributed by atoms with Crippen molar-refractivity contribution in [2.75, 3.05) is 33.9 Å². The van der Waals surface area contributed by atoms with Gasteiger partial charge < -0.3 is 4.74 Å². The Bertz CT molecular complexity index is 618. The van der Waals surface area contributed by atoms with Crippen LogP contribution in [0.3, 0.4) is 0 Å². The number of esters is 1. The van der Waals surface area contributed by atoms with Crippen LogP contribution in [-0.2, 0) is 24.1 Å². The molecule has 1 aliphatic rings. The van der Waals surface area contributed by atoms with Gasteiger partial charge in [0.1, 0.15) is 7.05 Å². The highest BCUT2D eigenvalue weighted by Crippen LogP contribution is 2.07. The van der Waals surface area contributed by atoms with Crippen LogP contribution in [0.5, 0.6) is 0 Å². The second-order valence-corrected chi connectivity index (χ2v) is 8.62. The van der Waals surface area contributed by atoms with Crippen LogP contribution in [0, 0.1) is 0 Å². The van der Waals surface area contributed by atoms with Crippen molar-refractivity contribution in [3.63, 3.8) is 0 Å². The number of carbonyl (C=O) groups excluding carboxylic acids is 1. The van der Waals surface area contributed by atoms with Crippen LogP contribution in [0.25, 0.3) is 0 Å². The third kappa shape index (κ3) is 17.3. The minimum Gasteiger partial charge on any atom is -0.462 e. The molecule has 1 atom stereocenters. The van der Waals surface area contributed by atoms with Gasteiger partial charge >= 0.3 is 22.7 Å². The van der Waals surface area contributed by atoms with Gasteiger partial charge in [0.05, 0.1) is 20.3 Å². The summed E-state index contributed by atoms with van der Waals surface area (Å²) in [6, 6.07) is 0. The highest BCUT2D eigenvalue weighted by molar-refractivity contribution is 7.80. The Morgan fingerprint density at radius 2 is 1.55 bits per heavy atom. The molecule has 1 aliphatic heterocycles. The molecule has 1 rings (SSSR count). The lowest BCUT2D eigenvalue weighted by molar-refractivity contribution is -0.759. The van der Waals surface area contributed by atoms with E-state index >= 15 is 0 Å². The summed E-state index contributed by atoms with van der Waals surface area (Å²) in [5.41, 5.74) is 0. The third-order valence-electron chi connectivity index (χ3n) is 4.30. The summed E-state index contributed by atoms with van der Waals surface area (Å²) in [4.78, 5) is 11.6. The summed E-state index contributed by atoms with van der Waals surface area (Å²) in [6.07, 6.45) is 15.5. The zero-order valence-electron chi connectivity index (χ0n) is 18.5. The maximum absolute atomic E-state index is 11.6. The Hall–Kier alpha value is -1.29. The Labute approximate surface area is 176 Å². The van der Waals surface area contributed by atoms with Crippen LogP contribution in [0.1, 0.15) is 71.6 Å². The van der Waals surface area contributed by atoms with Crippen molar-refractivity contribution in [1.29, 1.82) is 0 Å². The fraction of sp³-hybridized carbons (Fsp3) is 0.800.